The molecule has 0 spiro atoms. The maximum Gasteiger partial charge on any atom is 0.244 e. The Morgan fingerprint density at radius 3 is 2.21 bits per heavy atom. The molecule has 1 aliphatic rings. The van der Waals surface area contributed by atoms with E-state index in [-0.39, 0.29) is 18.5 Å². The summed E-state index contributed by atoms with van der Waals surface area (Å²) in [7, 11) is -3.83. The van der Waals surface area contributed by atoms with Crippen molar-refractivity contribution in [3.8, 4) is 5.75 Å². The van der Waals surface area contributed by atoms with E-state index in [1.165, 1.54) is 17.0 Å². The first-order valence-electron chi connectivity index (χ1n) is 13.2. The fourth-order valence-corrected chi connectivity index (χ4v) is 5.59. The van der Waals surface area contributed by atoms with Gasteiger partial charge in [-0.2, -0.15) is 0 Å². The number of nitrogens with one attached hydrogen (secondary N) is 1. The summed E-state index contributed by atoms with van der Waals surface area (Å²) in [6, 6.07) is 11.4. The molecule has 3 rings (SSSR count). The highest BCUT2D eigenvalue weighted by atomic mass is 32.2. The van der Waals surface area contributed by atoms with Crippen LogP contribution < -0.4 is 14.4 Å². The molecule has 8 nitrogen and oxygen atoms in total. The van der Waals surface area contributed by atoms with Crippen molar-refractivity contribution in [1.82, 2.24) is 10.2 Å². The number of halogens is 1. The maximum atomic E-state index is 13.8. The molecule has 1 aliphatic carbocycles. The summed E-state index contributed by atoms with van der Waals surface area (Å²) in [5.74, 6) is -0.618. The Labute approximate surface area is 225 Å². The number of sulfonamides is 1. The highest BCUT2D eigenvalue weighted by Gasteiger charge is 2.32. The lowest BCUT2D eigenvalue weighted by atomic mass is 9.95. The Kier molecular flexibility index (Phi) is 10.5. The monoisotopic (exact) mass is 547 g/mol. The third kappa shape index (κ3) is 8.18. The number of hydrogen-bond donors (Lipinski definition) is 1. The molecule has 2 amide bonds. The molecule has 0 heterocycles. The molecule has 0 aliphatic heterocycles. The van der Waals surface area contributed by atoms with E-state index in [0.717, 1.165) is 42.7 Å². The van der Waals surface area contributed by atoms with Gasteiger partial charge in [-0.05, 0) is 68.1 Å². The van der Waals surface area contributed by atoms with Crippen LogP contribution in [0.1, 0.15) is 57.9 Å². The molecule has 2 aromatic rings. The van der Waals surface area contributed by atoms with Crippen molar-refractivity contribution < 1.29 is 27.1 Å². The van der Waals surface area contributed by atoms with Gasteiger partial charge in [0, 0.05) is 12.6 Å². The van der Waals surface area contributed by atoms with Gasteiger partial charge in [0.1, 0.15) is 24.2 Å². The third-order valence-corrected chi connectivity index (χ3v) is 7.86. The van der Waals surface area contributed by atoms with Gasteiger partial charge in [0.25, 0.3) is 0 Å². The Bertz CT molecular complexity index is 1170. The first-order valence-corrected chi connectivity index (χ1v) is 15.0. The van der Waals surface area contributed by atoms with Crippen molar-refractivity contribution in [2.75, 3.05) is 23.7 Å². The van der Waals surface area contributed by atoms with Crippen molar-refractivity contribution in [3.05, 3.63) is 59.9 Å². The number of carbonyl (C=O) groups excluding carboxylic acids is 2. The Hall–Kier alpha value is -3.14. The van der Waals surface area contributed by atoms with Crippen LogP contribution in [0, 0.1) is 5.82 Å². The second-order valence-corrected chi connectivity index (χ2v) is 11.5. The quantitative estimate of drug-likeness (QED) is 0.429. The van der Waals surface area contributed by atoms with E-state index in [1.807, 2.05) is 13.8 Å². The van der Waals surface area contributed by atoms with E-state index in [9.17, 15) is 22.4 Å². The van der Waals surface area contributed by atoms with Gasteiger partial charge in [-0.1, -0.05) is 38.3 Å². The number of carbonyl (C=O) groups is 2. The molecule has 0 unspecified atom stereocenters. The zero-order valence-corrected chi connectivity index (χ0v) is 23.2. The molecule has 0 aromatic heterocycles. The summed E-state index contributed by atoms with van der Waals surface area (Å²) in [5, 5.41) is 3.09. The lowest BCUT2D eigenvalue weighted by Crippen LogP contribution is -2.53. The molecule has 0 bridgehead atoms. The van der Waals surface area contributed by atoms with Crippen LogP contribution >= 0.6 is 0 Å². The fraction of sp³-hybridized carbons (Fsp3) is 0.500. The highest BCUT2D eigenvalue weighted by molar-refractivity contribution is 7.92. The van der Waals surface area contributed by atoms with Gasteiger partial charge in [0.2, 0.25) is 21.8 Å². The maximum absolute atomic E-state index is 13.8. The van der Waals surface area contributed by atoms with Gasteiger partial charge in [-0.15, -0.1) is 0 Å². The standard InChI is InChI=1S/C28H38FN3O5S/c1-4-26(28(34)30-23-9-7-6-8-10-23)31(19-21-11-13-22(29)14-12-21)27(33)20-32(38(3,35)36)24-15-17-25(18-16-24)37-5-2/h11-18,23,26H,4-10,19-20H2,1-3H3,(H,30,34)/t26-/m0/s1. The average molecular weight is 548 g/mol. The predicted octanol–water partition coefficient (Wildman–Crippen LogP) is 4.25. The summed E-state index contributed by atoms with van der Waals surface area (Å²) in [6.07, 6.45) is 6.41. The third-order valence-electron chi connectivity index (χ3n) is 6.72. The summed E-state index contributed by atoms with van der Waals surface area (Å²) >= 11 is 0. The molecule has 1 N–H and O–H groups in total. The van der Waals surface area contributed by atoms with Crippen molar-refractivity contribution in [2.24, 2.45) is 0 Å². The van der Waals surface area contributed by atoms with E-state index in [2.05, 4.69) is 5.32 Å². The van der Waals surface area contributed by atoms with E-state index >= 15 is 0 Å². The van der Waals surface area contributed by atoms with Gasteiger partial charge >= 0.3 is 0 Å². The van der Waals surface area contributed by atoms with Crippen LogP contribution in [-0.2, 0) is 26.2 Å². The van der Waals surface area contributed by atoms with E-state index in [1.54, 1.807) is 36.4 Å². The Balaban J connectivity index is 1.89. The molecular formula is C28H38FN3O5S. The van der Waals surface area contributed by atoms with Gasteiger partial charge in [-0.3, -0.25) is 13.9 Å². The Morgan fingerprint density at radius 2 is 1.66 bits per heavy atom. The summed E-state index contributed by atoms with van der Waals surface area (Å²) in [4.78, 5) is 28.5. The second kappa shape index (κ2) is 13.6. The molecule has 1 atom stereocenters. The molecule has 0 radical (unpaired) electrons. The second-order valence-electron chi connectivity index (χ2n) is 9.61. The minimum absolute atomic E-state index is 0.0383. The fourth-order valence-electron chi connectivity index (χ4n) is 4.74. The van der Waals surface area contributed by atoms with Crippen LogP contribution in [-0.4, -0.2) is 56.6 Å². The van der Waals surface area contributed by atoms with Crippen LogP contribution in [0.5, 0.6) is 5.75 Å². The van der Waals surface area contributed by atoms with Gasteiger partial charge in [0.05, 0.1) is 18.6 Å². The van der Waals surface area contributed by atoms with Crippen molar-refractivity contribution in [3.63, 3.8) is 0 Å². The first-order chi connectivity index (χ1) is 18.1. The summed E-state index contributed by atoms with van der Waals surface area (Å²) < 4.78 is 45.5. The number of nitrogens with zero attached hydrogens (tertiary/aromatic N) is 2. The highest BCUT2D eigenvalue weighted by Crippen LogP contribution is 2.23. The predicted molar refractivity (Wildman–Crippen MR) is 146 cm³/mol. The van der Waals surface area contributed by atoms with Crippen LogP contribution in [0.2, 0.25) is 0 Å². The molecule has 10 heteroatoms. The van der Waals surface area contributed by atoms with Crippen molar-refractivity contribution >= 4 is 27.5 Å². The summed E-state index contributed by atoms with van der Waals surface area (Å²) in [5.41, 5.74) is 0.946. The SMILES string of the molecule is CCOc1ccc(N(CC(=O)N(Cc2ccc(F)cc2)[C@@H](CC)C(=O)NC2CCCCC2)S(C)(=O)=O)cc1. The lowest BCUT2D eigenvalue weighted by molar-refractivity contribution is -0.140. The van der Waals surface area contributed by atoms with Crippen molar-refractivity contribution in [2.45, 2.75) is 71.0 Å². The number of benzene rings is 2. The smallest absolute Gasteiger partial charge is 0.244 e. The Morgan fingerprint density at radius 1 is 1.03 bits per heavy atom. The van der Waals surface area contributed by atoms with E-state index in [0.29, 0.717) is 30.0 Å². The molecule has 0 saturated heterocycles. The van der Waals surface area contributed by atoms with Crippen LogP contribution in [0.15, 0.2) is 48.5 Å². The zero-order chi connectivity index (χ0) is 27.7. The largest absolute Gasteiger partial charge is 0.494 e. The first kappa shape index (κ1) is 29.4. The number of anilines is 1. The van der Waals surface area contributed by atoms with Gasteiger partial charge in [-0.25, -0.2) is 12.8 Å². The number of hydrogen-bond acceptors (Lipinski definition) is 5. The van der Waals surface area contributed by atoms with E-state index < -0.39 is 34.3 Å². The zero-order valence-electron chi connectivity index (χ0n) is 22.4. The van der Waals surface area contributed by atoms with Crippen LogP contribution in [0.25, 0.3) is 0 Å². The molecule has 38 heavy (non-hydrogen) atoms. The van der Waals surface area contributed by atoms with Gasteiger partial charge < -0.3 is 15.0 Å². The van der Waals surface area contributed by atoms with Crippen molar-refractivity contribution in [1.29, 1.82) is 0 Å². The molecule has 1 fully saturated rings. The molecule has 2 aromatic carbocycles. The number of ether oxygens (including phenoxy) is 1. The minimum atomic E-state index is -3.83. The van der Waals surface area contributed by atoms with Gasteiger partial charge in [0.15, 0.2) is 0 Å². The normalized spacial score (nSPS) is 14.9. The number of amides is 2. The lowest BCUT2D eigenvalue weighted by Gasteiger charge is -2.34. The summed E-state index contributed by atoms with van der Waals surface area (Å²) in [6.45, 7) is 3.68. The molecular weight excluding hydrogens is 509 g/mol. The van der Waals surface area contributed by atoms with E-state index in [4.69, 9.17) is 4.74 Å². The van der Waals surface area contributed by atoms with Crippen LogP contribution in [0.3, 0.4) is 0 Å². The molecule has 208 valence electrons. The molecule has 1 saturated carbocycles. The van der Waals surface area contributed by atoms with Crippen LogP contribution in [0.4, 0.5) is 10.1 Å². The topological polar surface area (TPSA) is 96.0 Å². The average Bonchev–Trinajstić information content (AvgIpc) is 2.89. The minimum Gasteiger partial charge on any atom is -0.494 e. The number of rotatable bonds is 12.